The summed E-state index contributed by atoms with van der Waals surface area (Å²) < 4.78 is 0. The number of hydrogen-bond acceptors (Lipinski definition) is 1. The number of amides is 1. The molecule has 0 aromatic carbocycles. The summed E-state index contributed by atoms with van der Waals surface area (Å²) in [4.78, 5) is 12.8. The molecular formula is C9H17NO. The highest BCUT2D eigenvalue weighted by atomic mass is 16.2. The lowest BCUT2D eigenvalue weighted by molar-refractivity contribution is -0.129. The molecule has 0 radical (unpaired) electrons. The van der Waals surface area contributed by atoms with Gasteiger partial charge in [-0.1, -0.05) is 13.0 Å². The summed E-state index contributed by atoms with van der Waals surface area (Å²) >= 11 is 0. The Bertz CT molecular complexity index is 132. The van der Waals surface area contributed by atoms with Crippen LogP contribution in [-0.4, -0.2) is 24.4 Å². The minimum atomic E-state index is 0.217. The van der Waals surface area contributed by atoms with Crippen LogP contribution in [0.1, 0.15) is 26.2 Å². The summed E-state index contributed by atoms with van der Waals surface area (Å²) in [5.41, 5.74) is 0. The molecule has 2 heteroatoms. The minimum Gasteiger partial charge on any atom is -0.346 e. The maximum Gasteiger partial charge on any atom is 0.222 e. The summed E-state index contributed by atoms with van der Waals surface area (Å²) in [6, 6.07) is 0. The predicted octanol–water partition coefficient (Wildman–Crippen LogP) is 1.82. The Hall–Kier alpha value is -0.790. The highest BCUT2D eigenvalue weighted by Gasteiger charge is 2.02. The molecular weight excluding hydrogens is 138 g/mol. The average Bonchev–Trinajstić information content (AvgIpc) is 2.03. The molecule has 0 fully saturated rings. The summed E-state index contributed by atoms with van der Waals surface area (Å²) in [6.07, 6.45) is 4.49. The van der Waals surface area contributed by atoms with Crippen LogP contribution >= 0.6 is 0 Å². The van der Waals surface area contributed by atoms with Crippen molar-refractivity contribution in [3.8, 4) is 0 Å². The van der Waals surface area contributed by atoms with Crippen LogP contribution in [0.2, 0.25) is 0 Å². The van der Waals surface area contributed by atoms with E-state index in [1.807, 2.05) is 20.0 Å². The number of rotatable bonds is 5. The quantitative estimate of drug-likeness (QED) is 0.438. The molecule has 0 aliphatic heterocycles. The first-order valence-corrected chi connectivity index (χ1v) is 4.07. The first kappa shape index (κ1) is 10.2. The van der Waals surface area contributed by atoms with Crippen LogP contribution in [0.15, 0.2) is 12.7 Å². The lowest BCUT2D eigenvalue weighted by atomic mass is 10.3. The molecule has 1 amide bonds. The van der Waals surface area contributed by atoms with Gasteiger partial charge in [-0.3, -0.25) is 4.79 Å². The van der Waals surface area contributed by atoms with Crippen LogP contribution in [0.5, 0.6) is 0 Å². The van der Waals surface area contributed by atoms with Crippen LogP contribution in [0.25, 0.3) is 0 Å². The smallest absolute Gasteiger partial charge is 0.222 e. The van der Waals surface area contributed by atoms with Gasteiger partial charge in [0.05, 0.1) is 0 Å². The van der Waals surface area contributed by atoms with E-state index in [4.69, 9.17) is 0 Å². The van der Waals surface area contributed by atoms with Crippen molar-refractivity contribution in [1.82, 2.24) is 4.90 Å². The highest BCUT2D eigenvalue weighted by Crippen LogP contribution is 1.95. The van der Waals surface area contributed by atoms with E-state index in [-0.39, 0.29) is 5.91 Å². The van der Waals surface area contributed by atoms with Gasteiger partial charge in [-0.2, -0.15) is 0 Å². The van der Waals surface area contributed by atoms with E-state index in [1.165, 1.54) is 0 Å². The molecule has 0 heterocycles. The van der Waals surface area contributed by atoms with Gasteiger partial charge in [0.1, 0.15) is 0 Å². The molecule has 0 bridgehead atoms. The third-order valence-corrected chi connectivity index (χ3v) is 1.63. The SMILES string of the molecule is C=CCCCN(C)C(=O)CC. The van der Waals surface area contributed by atoms with Gasteiger partial charge < -0.3 is 4.90 Å². The van der Waals surface area contributed by atoms with E-state index >= 15 is 0 Å². The molecule has 0 N–H and O–H groups in total. The second-order valence-corrected chi connectivity index (χ2v) is 2.60. The van der Waals surface area contributed by atoms with Crippen molar-refractivity contribution >= 4 is 5.91 Å². The Morgan fingerprint density at radius 2 is 2.27 bits per heavy atom. The zero-order chi connectivity index (χ0) is 8.69. The van der Waals surface area contributed by atoms with Gasteiger partial charge in [0.15, 0.2) is 0 Å². The fourth-order valence-corrected chi connectivity index (χ4v) is 0.867. The first-order valence-electron chi connectivity index (χ1n) is 4.07. The van der Waals surface area contributed by atoms with Gasteiger partial charge in [-0.05, 0) is 12.8 Å². The molecule has 0 aliphatic carbocycles. The van der Waals surface area contributed by atoms with Gasteiger partial charge in [0.25, 0.3) is 0 Å². The monoisotopic (exact) mass is 155 g/mol. The van der Waals surface area contributed by atoms with Crippen molar-refractivity contribution in [2.45, 2.75) is 26.2 Å². The van der Waals surface area contributed by atoms with E-state index in [0.29, 0.717) is 6.42 Å². The normalized spacial score (nSPS) is 9.27. The number of unbranched alkanes of at least 4 members (excludes halogenated alkanes) is 1. The van der Waals surface area contributed by atoms with Gasteiger partial charge in [0.2, 0.25) is 5.91 Å². The van der Waals surface area contributed by atoms with Crippen molar-refractivity contribution in [3.05, 3.63) is 12.7 Å². The molecule has 0 rings (SSSR count). The second kappa shape index (κ2) is 5.96. The Labute approximate surface area is 68.9 Å². The molecule has 0 unspecified atom stereocenters. The summed E-state index contributed by atoms with van der Waals surface area (Å²) in [5.74, 6) is 0.217. The fraction of sp³-hybridized carbons (Fsp3) is 0.667. The van der Waals surface area contributed by atoms with E-state index in [0.717, 1.165) is 19.4 Å². The Balaban J connectivity index is 3.43. The van der Waals surface area contributed by atoms with Crippen LogP contribution in [-0.2, 0) is 4.79 Å². The Kier molecular flexibility index (Phi) is 5.53. The first-order chi connectivity index (χ1) is 5.22. The van der Waals surface area contributed by atoms with Crippen LogP contribution in [0.4, 0.5) is 0 Å². The van der Waals surface area contributed by atoms with Crippen molar-refractivity contribution < 1.29 is 4.79 Å². The zero-order valence-electron chi connectivity index (χ0n) is 7.47. The maximum atomic E-state index is 11.0. The van der Waals surface area contributed by atoms with E-state index in [9.17, 15) is 4.79 Å². The molecule has 11 heavy (non-hydrogen) atoms. The van der Waals surface area contributed by atoms with Crippen LogP contribution < -0.4 is 0 Å². The average molecular weight is 155 g/mol. The maximum absolute atomic E-state index is 11.0. The van der Waals surface area contributed by atoms with Crippen LogP contribution in [0, 0.1) is 0 Å². The van der Waals surface area contributed by atoms with Crippen molar-refractivity contribution in [1.29, 1.82) is 0 Å². The Morgan fingerprint density at radius 3 is 2.73 bits per heavy atom. The van der Waals surface area contributed by atoms with Crippen molar-refractivity contribution in [2.75, 3.05) is 13.6 Å². The molecule has 0 saturated carbocycles. The number of carbonyl (C=O) groups is 1. The standard InChI is InChI=1S/C9H17NO/c1-4-6-7-8-10(3)9(11)5-2/h4H,1,5-8H2,2-3H3. The molecule has 2 nitrogen and oxygen atoms in total. The second-order valence-electron chi connectivity index (χ2n) is 2.60. The minimum absolute atomic E-state index is 0.217. The van der Waals surface area contributed by atoms with Crippen molar-refractivity contribution in [2.24, 2.45) is 0 Å². The third-order valence-electron chi connectivity index (χ3n) is 1.63. The number of allylic oxidation sites excluding steroid dienone is 1. The lowest BCUT2D eigenvalue weighted by Gasteiger charge is -2.14. The van der Waals surface area contributed by atoms with E-state index < -0.39 is 0 Å². The molecule has 0 spiro atoms. The number of hydrogen-bond donors (Lipinski definition) is 0. The predicted molar refractivity (Wildman–Crippen MR) is 47.4 cm³/mol. The topological polar surface area (TPSA) is 20.3 Å². The molecule has 0 aliphatic rings. The van der Waals surface area contributed by atoms with Gasteiger partial charge in [-0.15, -0.1) is 6.58 Å². The fourth-order valence-electron chi connectivity index (χ4n) is 0.867. The third kappa shape index (κ3) is 4.59. The molecule has 0 aromatic heterocycles. The molecule has 0 saturated heterocycles. The zero-order valence-corrected chi connectivity index (χ0v) is 7.47. The molecule has 0 aromatic rings. The van der Waals surface area contributed by atoms with Gasteiger partial charge in [0, 0.05) is 20.0 Å². The van der Waals surface area contributed by atoms with Gasteiger partial charge in [-0.25, -0.2) is 0 Å². The lowest BCUT2D eigenvalue weighted by Crippen LogP contribution is -2.26. The largest absolute Gasteiger partial charge is 0.346 e. The summed E-state index contributed by atoms with van der Waals surface area (Å²) in [5, 5.41) is 0. The highest BCUT2D eigenvalue weighted by molar-refractivity contribution is 5.75. The number of nitrogens with zero attached hydrogens (tertiary/aromatic N) is 1. The summed E-state index contributed by atoms with van der Waals surface area (Å²) in [6.45, 7) is 6.35. The molecule has 0 atom stereocenters. The van der Waals surface area contributed by atoms with Crippen molar-refractivity contribution in [3.63, 3.8) is 0 Å². The van der Waals surface area contributed by atoms with E-state index in [2.05, 4.69) is 6.58 Å². The van der Waals surface area contributed by atoms with E-state index in [1.54, 1.807) is 4.90 Å². The van der Waals surface area contributed by atoms with Gasteiger partial charge >= 0.3 is 0 Å². The Morgan fingerprint density at radius 1 is 1.64 bits per heavy atom. The van der Waals surface area contributed by atoms with Crippen LogP contribution in [0.3, 0.4) is 0 Å². The molecule has 64 valence electrons. The summed E-state index contributed by atoms with van der Waals surface area (Å²) in [7, 11) is 1.84. The number of carbonyl (C=O) groups excluding carboxylic acids is 1.